The average molecular weight is 983 g/mol. The van der Waals surface area contributed by atoms with Gasteiger partial charge in [-0.05, 0) is 337 Å². The van der Waals surface area contributed by atoms with Crippen LogP contribution in [0.2, 0.25) is 0 Å². The van der Waals surface area contributed by atoms with Gasteiger partial charge in [-0.15, -0.1) is 11.6 Å². The maximum absolute atomic E-state index is 8.45. The number of rotatable bonds is 4. The fraction of sp³-hybridized carbons (Fsp3) is 0.0933. The summed E-state index contributed by atoms with van der Waals surface area (Å²) in [5, 5.41) is 83.8. The lowest BCUT2D eigenvalue weighted by Crippen LogP contribution is -2.36. The average Bonchev–Trinajstić information content (AvgIpc) is 1.46. The first kappa shape index (κ1) is 31.3. The second-order valence-electron chi connectivity index (χ2n) is 28.2. The summed E-state index contributed by atoms with van der Waals surface area (Å²) in [5.74, 6) is 0.558. The van der Waals surface area contributed by atoms with Crippen molar-refractivity contribution in [3.05, 3.63) is 69.3 Å². The van der Waals surface area contributed by atoms with Crippen molar-refractivity contribution in [2.75, 3.05) is 43.9 Å². The molecule has 0 heterocycles. The van der Waals surface area contributed by atoms with Crippen LogP contribution in [-0.2, 0) is 10.8 Å². The molecule has 78 heavy (non-hydrogen) atoms. The third-order valence-electron chi connectivity index (χ3n) is 27.0. The Morgan fingerprint density at radius 2 is 0.551 bits per heavy atom. The van der Waals surface area contributed by atoms with Crippen LogP contribution in [0.5, 0.6) is 0 Å². The lowest BCUT2D eigenvalue weighted by molar-refractivity contribution is 0.737. The van der Waals surface area contributed by atoms with Crippen molar-refractivity contribution in [1.82, 2.24) is 0 Å². The highest BCUT2D eigenvalue weighted by Gasteiger charge is 2.65. The van der Waals surface area contributed by atoms with E-state index in [0.29, 0.717) is 5.88 Å². The fourth-order valence-electron chi connectivity index (χ4n) is 26.5. The molecule has 34 rings (SSSR count). The molecule has 336 valence electrons. The van der Waals surface area contributed by atoms with Gasteiger partial charge < -0.3 is 9.80 Å². The van der Waals surface area contributed by atoms with Gasteiger partial charge in [0.2, 0.25) is 0 Å². The minimum Gasteiger partial charge on any atom is -0.377 e. The Morgan fingerprint density at radius 1 is 0.269 bits per heavy atom. The second kappa shape index (κ2) is 7.35. The normalized spacial score (nSPS) is 20.8. The van der Waals surface area contributed by atoms with Crippen LogP contribution < -0.4 is 9.80 Å². The van der Waals surface area contributed by atoms with Gasteiger partial charge in [0.05, 0.1) is 10.8 Å². The molecule has 0 aromatic heterocycles. The van der Waals surface area contributed by atoms with E-state index in [1.165, 1.54) is 27.7 Å². The van der Waals surface area contributed by atoms with Gasteiger partial charge in [0.25, 0.3) is 0 Å². The molecule has 6 aliphatic rings. The maximum Gasteiger partial charge on any atom is 0.0744 e. The van der Waals surface area contributed by atoms with E-state index in [2.05, 4.69) is 68.3 Å². The molecule has 0 N–H and O–H groups in total. The zero-order chi connectivity index (χ0) is 47.8. The molecule has 0 saturated heterocycles. The third-order valence-corrected chi connectivity index (χ3v) is 27.4. The molecule has 6 aliphatic carbocycles. The van der Waals surface area contributed by atoms with Gasteiger partial charge in [-0.3, -0.25) is 0 Å². The molecule has 3 heteroatoms. The Labute approximate surface area is 435 Å². The number of hydrogen-bond acceptors (Lipinski definition) is 2. The quantitative estimate of drug-likeness (QED) is 0.128. The van der Waals surface area contributed by atoms with Gasteiger partial charge in [-0.2, -0.15) is 0 Å². The van der Waals surface area contributed by atoms with E-state index in [4.69, 9.17) is 11.6 Å². The van der Waals surface area contributed by atoms with Crippen LogP contribution >= 0.6 is 11.6 Å². The molecular formula is C75H19ClN2. The minimum atomic E-state index is -0.577. The number of halogens is 1. The number of anilines is 2. The molecule has 0 saturated carbocycles. The molecule has 28 aromatic rings. The van der Waals surface area contributed by atoms with Gasteiger partial charge >= 0.3 is 0 Å². The molecule has 0 amide bonds. The molecule has 28 aromatic carbocycles. The van der Waals surface area contributed by atoms with Crippen LogP contribution in [0.15, 0.2) is 30.3 Å². The highest BCUT2D eigenvalue weighted by Crippen LogP contribution is 2.85. The summed E-state index contributed by atoms with van der Waals surface area (Å²) in [6.07, 6.45) is 0. The molecule has 0 fully saturated rings. The summed E-state index contributed by atoms with van der Waals surface area (Å²) in [6, 6.07) is 12.5. The second-order valence-corrected chi connectivity index (χ2v) is 28.4. The molecular weight excluding hydrogens is 964 g/mol. The fourth-order valence-corrected chi connectivity index (χ4v) is 26.9. The van der Waals surface area contributed by atoms with E-state index in [-0.39, 0.29) is 0 Å². The van der Waals surface area contributed by atoms with E-state index in [9.17, 15) is 0 Å². The number of hydrogen-bond donors (Lipinski definition) is 0. The summed E-state index contributed by atoms with van der Waals surface area (Å²) in [4.78, 5) is 4.76. The van der Waals surface area contributed by atoms with E-state index in [1.54, 1.807) is 314 Å². The number of nitrogens with zero attached hydrogens (tertiary/aromatic N) is 2. The SMILES string of the molecule is CN(C)c1cccc2c(C34c5c6c7c8c5c5c9c3c3c%10c4c4c-6c6c%11c%12c%13c(c%14c8c8c5c5c9c9c3c3c%15c%10c%10c4c6c4c%12c6c%12c%13c%13c%14c8c8c5c5c9c3c3c9c%15c%10c4c6c9c4c%12c%13c8c5c43)C7%11CCl)ccc(N(C)C)c12. The Morgan fingerprint density at radius 3 is 0.962 bits per heavy atom. The van der Waals surface area contributed by atoms with Crippen LogP contribution in [0.25, 0.3) is 291 Å². The first-order valence-electron chi connectivity index (χ1n) is 28.8. The Kier molecular flexibility index (Phi) is 2.95. The van der Waals surface area contributed by atoms with Gasteiger partial charge in [0.1, 0.15) is 0 Å². The van der Waals surface area contributed by atoms with Gasteiger partial charge in [-0.25, -0.2) is 0 Å². The Balaban J connectivity index is 1.11. The minimum absolute atomic E-state index is 0.484. The van der Waals surface area contributed by atoms with E-state index in [1.807, 2.05) is 0 Å². The smallest absolute Gasteiger partial charge is 0.0744 e. The molecule has 0 aliphatic heterocycles. The predicted molar refractivity (Wildman–Crippen MR) is 334 cm³/mol. The first-order valence-corrected chi connectivity index (χ1v) is 29.3. The topological polar surface area (TPSA) is 6.48 Å². The molecule has 2 nitrogen and oxygen atoms in total. The lowest BCUT2D eigenvalue weighted by Gasteiger charge is -2.44. The van der Waals surface area contributed by atoms with Crippen molar-refractivity contribution in [1.29, 1.82) is 0 Å². The van der Waals surface area contributed by atoms with Crippen LogP contribution in [0, 0.1) is 0 Å². The largest absolute Gasteiger partial charge is 0.377 e. The number of alkyl halides is 1. The van der Waals surface area contributed by atoms with Crippen molar-refractivity contribution < 1.29 is 0 Å². The number of fused-ring (bicyclic) bond motifs is 1. The van der Waals surface area contributed by atoms with Crippen LogP contribution in [0.1, 0.15) is 38.9 Å². The summed E-state index contributed by atoms with van der Waals surface area (Å²) >= 11 is 8.45. The monoisotopic (exact) mass is 982 g/mol. The highest BCUT2D eigenvalue weighted by molar-refractivity contribution is 6.80. The standard InChI is InChI=1S/C75H19ClN2/c1-77(2)13-7-5-6-11-12(8-9-14(15(11)13)78(3)4)75-71-59-47-39-25-23-17-16-18-20-21-19(16)28-31(23)43(47)50-36(28)37-29(21)33-32-27(20)35-34-26(18)30-22(17)24(25)38-40-41(39)55(59)66-63-54(40)57-46(38)42(30)48(34)61-62-49(35)44(32)52-53-45(33)51(37)65(64(50)71)72(75)60(53)56-58(52)69(62)74(10-76,68(57)61)70(63)67(56)73(66)75/h5-9H,10H2,1-4H3. The number of benzene rings is 18. The van der Waals surface area contributed by atoms with Crippen molar-refractivity contribution in [2.45, 2.75) is 10.8 Å². The van der Waals surface area contributed by atoms with Crippen LogP contribution in [0.4, 0.5) is 11.4 Å². The zero-order valence-corrected chi connectivity index (χ0v) is 42.1. The predicted octanol–water partition coefficient (Wildman–Crippen LogP) is 19.5. The maximum atomic E-state index is 8.45. The summed E-state index contributed by atoms with van der Waals surface area (Å²) in [7, 11) is 9.04. The van der Waals surface area contributed by atoms with Gasteiger partial charge in [-0.1, -0.05) is 18.2 Å². The van der Waals surface area contributed by atoms with Crippen LogP contribution in [-0.4, -0.2) is 34.1 Å². The summed E-state index contributed by atoms with van der Waals surface area (Å²) in [5.41, 5.74) is 16.0. The van der Waals surface area contributed by atoms with Gasteiger partial charge in [0.15, 0.2) is 0 Å². The van der Waals surface area contributed by atoms with Crippen molar-refractivity contribution in [2.24, 2.45) is 0 Å². The van der Waals surface area contributed by atoms with Gasteiger partial charge in [0, 0.05) is 50.8 Å². The Hall–Kier alpha value is -8.95. The van der Waals surface area contributed by atoms with E-state index < -0.39 is 10.8 Å². The zero-order valence-electron chi connectivity index (χ0n) is 41.4. The van der Waals surface area contributed by atoms with E-state index >= 15 is 0 Å². The van der Waals surface area contributed by atoms with Crippen molar-refractivity contribution in [3.63, 3.8) is 0 Å². The molecule has 0 radical (unpaired) electrons. The molecule has 0 spiro atoms. The van der Waals surface area contributed by atoms with Crippen LogP contribution in [0.3, 0.4) is 0 Å². The molecule has 2 unspecified atom stereocenters. The highest BCUT2D eigenvalue weighted by atomic mass is 35.5. The van der Waals surface area contributed by atoms with Crippen molar-refractivity contribution in [3.8, 4) is 11.1 Å². The Bertz CT molecular complexity index is 8010. The summed E-state index contributed by atoms with van der Waals surface area (Å²) in [6.45, 7) is 0. The third kappa shape index (κ3) is 1.77. The van der Waals surface area contributed by atoms with E-state index in [0.717, 1.165) is 0 Å². The molecule has 0 bridgehead atoms. The summed E-state index contributed by atoms with van der Waals surface area (Å²) < 4.78 is 0. The lowest BCUT2D eigenvalue weighted by atomic mass is 9.57. The van der Waals surface area contributed by atoms with Crippen molar-refractivity contribution >= 4 is 303 Å². The molecule has 2 atom stereocenters. The first-order chi connectivity index (χ1) is 38.5.